The number of amides is 1. The third kappa shape index (κ3) is 6.35. The molecule has 0 aromatic heterocycles. The van der Waals surface area contributed by atoms with Crippen molar-refractivity contribution >= 4 is 50.8 Å². The lowest BCUT2D eigenvalue weighted by Crippen LogP contribution is -2.44. The van der Waals surface area contributed by atoms with Gasteiger partial charge in [0.15, 0.2) is 0 Å². The number of hydrogen-bond donors (Lipinski definition) is 2. The maximum Gasteiger partial charge on any atom is 0.264 e. The zero-order chi connectivity index (χ0) is 27.4. The number of aliphatic imine (C=N–C) groups is 1. The highest BCUT2D eigenvalue weighted by Gasteiger charge is 2.34. The summed E-state index contributed by atoms with van der Waals surface area (Å²) in [6.45, 7) is 3.83. The second-order valence-electron chi connectivity index (χ2n) is 9.14. The minimum Gasteiger partial charge on any atom is -0.368 e. The number of guanidine groups is 1. The summed E-state index contributed by atoms with van der Waals surface area (Å²) < 4.78 is 29.2. The molecule has 8 nitrogen and oxygen atoms in total. The molecule has 2 atom stereocenters. The van der Waals surface area contributed by atoms with E-state index in [0.717, 1.165) is 11.1 Å². The number of carbonyl (C=O) groups excluding carboxylic acids is 1. The lowest BCUT2D eigenvalue weighted by atomic mass is 9.91. The molecule has 0 radical (unpaired) electrons. The topological polar surface area (TPSA) is 117 Å². The number of nitrogens with one attached hydrogen (secondary N) is 1. The number of primary amides is 1. The van der Waals surface area contributed by atoms with Gasteiger partial charge in [-0.2, -0.15) is 5.10 Å². The van der Waals surface area contributed by atoms with Crippen molar-refractivity contribution in [2.75, 3.05) is 6.54 Å². The van der Waals surface area contributed by atoms with Crippen LogP contribution in [0.25, 0.3) is 0 Å². The van der Waals surface area contributed by atoms with Crippen LogP contribution in [-0.4, -0.2) is 43.6 Å². The van der Waals surface area contributed by atoms with Gasteiger partial charge in [0.25, 0.3) is 10.0 Å². The Hall–Kier alpha value is -3.40. The Morgan fingerprint density at radius 1 is 1.00 bits per heavy atom. The van der Waals surface area contributed by atoms with Crippen molar-refractivity contribution in [2.24, 2.45) is 21.7 Å². The third-order valence-corrected chi connectivity index (χ3v) is 7.88. The molecule has 11 heteroatoms. The van der Waals surface area contributed by atoms with Crippen molar-refractivity contribution in [3.05, 3.63) is 100 Å². The molecule has 1 amide bonds. The number of halogens is 2. The molecule has 198 valence electrons. The number of hydrogen-bond acceptors (Lipinski definition) is 5. The Morgan fingerprint density at radius 2 is 1.58 bits per heavy atom. The summed E-state index contributed by atoms with van der Waals surface area (Å²) in [5.41, 5.74) is 8.13. The van der Waals surface area contributed by atoms with Crippen molar-refractivity contribution in [3.8, 4) is 0 Å². The normalized spacial score (nSPS) is 16.9. The largest absolute Gasteiger partial charge is 0.368 e. The minimum absolute atomic E-state index is 0.0181. The number of hydrazone groups is 1. The van der Waals surface area contributed by atoms with Gasteiger partial charge < -0.3 is 5.73 Å². The Labute approximate surface area is 232 Å². The second-order valence-corrected chi connectivity index (χ2v) is 11.7. The summed E-state index contributed by atoms with van der Waals surface area (Å²) in [6, 6.07) is 21.7. The molecule has 4 rings (SSSR count). The van der Waals surface area contributed by atoms with Crippen LogP contribution < -0.4 is 10.5 Å². The Bertz CT molecular complexity index is 1460. The first-order valence-electron chi connectivity index (χ1n) is 11.9. The lowest BCUT2D eigenvalue weighted by Gasteiger charge is -2.22. The highest BCUT2D eigenvalue weighted by Crippen LogP contribution is 2.30. The van der Waals surface area contributed by atoms with Gasteiger partial charge in [0.1, 0.15) is 6.04 Å². The van der Waals surface area contributed by atoms with Gasteiger partial charge in [-0.1, -0.05) is 79.5 Å². The van der Waals surface area contributed by atoms with Crippen LogP contribution in [0.3, 0.4) is 0 Å². The number of sulfonamides is 1. The maximum absolute atomic E-state index is 13.3. The smallest absolute Gasteiger partial charge is 0.264 e. The van der Waals surface area contributed by atoms with Crippen LogP contribution >= 0.6 is 23.2 Å². The molecular weight excluding hydrogens is 545 g/mol. The Morgan fingerprint density at radius 3 is 2.13 bits per heavy atom. The molecular formula is C27H27Cl2N5O3S. The van der Waals surface area contributed by atoms with Gasteiger partial charge in [0, 0.05) is 16.0 Å². The van der Waals surface area contributed by atoms with E-state index < -0.39 is 22.0 Å². The fourth-order valence-electron chi connectivity index (χ4n) is 4.07. The van der Waals surface area contributed by atoms with Gasteiger partial charge in [-0.15, -0.1) is 0 Å². The molecule has 38 heavy (non-hydrogen) atoms. The highest BCUT2D eigenvalue weighted by atomic mass is 35.5. The van der Waals surface area contributed by atoms with E-state index in [1.807, 2.05) is 42.5 Å². The molecule has 0 fully saturated rings. The highest BCUT2D eigenvalue weighted by molar-refractivity contribution is 7.90. The van der Waals surface area contributed by atoms with E-state index in [4.69, 9.17) is 34.0 Å². The molecule has 0 bridgehead atoms. The van der Waals surface area contributed by atoms with Crippen LogP contribution in [0, 0.1) is 5.92 Å². The first kappa shape index (κ1) is 27.6. The summed E-state index contributed by atoms with van der Waals surface area (Å²) in [5, 5.41) is 7.23. The van der Waals surface area contributed by atoms with Crippen molar-refractivity contribution < 1.29 is 13.2 Å². The molecule has 0 spiro atoms. The van der Waals surface area contributed by atoms with Gasteiger partial charge in [-0.25, -0.2) is 23.1 Å². The van der Waals surface area contributed by atoms with Crippen molar-refractivity contribution in [1.82, 2.24) is 9.73 Å². The predicted molar refractivity (Wildman–Crippen MR) is 151 cm³/mol. The number of nitrogens with two attached hydrogens (primary N) is 1. The molecule has 3 aromatic rings. The number of rotatable bonds is 7. The van der Waals surface area contributed by atoms with Crippen LogP contribution in [0.2, 0.25) is 10.0 Å². The lowest BCUT2D eigenvalue weighted by molar-refractivity contribution is -0.120. The molecule has 1 aliphatic heterocycles. The summed E-state index contributed by atoms with van der Waals surface area (Å²) in [5.74, 6) is -1.28. The Kier molecular flexibility index (Phi) is 8.40. The molecule has 0 aliphatic carbocycles. The summed E-state index contributed by atoms with van der Waals surface area (Å²) in [7, 11) is -4.10. The second kappa shape index (κ2) is 11.6. The van der Waals surface area contributed by atoms with E-state index in [2.05, 4.69) is 9.71 Å². The molecule has 1 aliphatic rings. The average molecular weight is 573 g/mol. The van der Waals surface area contributed by atoms with E-state index in [9.17, 15) is 13.2 Å². The van der Waals surface area contributed by atoms with Gasteiger partial charge in [0.2, 0.25) is 11.9 Å². The molecule has 0 unspecified atom stereocenters. The summed E-state index contributed by atoms with van der Waals surface area (Å²) >= 11 is 12.1. The zero-order valence-electron chi connectivity index (χ0n) is 20.8. The molecule has 0 saturated carbocycles. The number of benzene rings is 3. The molecule has 1 heterocycles. The maximum atomic E-state index is 13.3. The van der Waals surface area contributed by atoms with Crippen LogP contribution in [-0.2, 0) is 14.8 Å². The molecule has 3 N–H and O–H groups in total. The number of carbonyl (C=O) groups is 1. The predicted octanol–water partition coefficient (Wildman–Crippen LogP) is 4.64. The Balaban J connectivity index is 1.81. The van der Waals surface area contributed by atoms with Crippen LogP contribution in [0.1, 0.15) is 30.9 Å². The van der Waals surface area contributed by atoms with Crippen LogP contribution in [0.15, 0.2) is 93.9 Å². The first-order chi connectivity index (χ1) is 18.0. The monoisotopic (exact) mass is 571 g/mol. The van der Waals surface area contributed by atoms with E-state index in [1.165, 1.54) is 29.3 Å². The van der Waals surface area contributed by atoms with Gasteiger partial charge in [-0.3, -0.25) is 4.79 Å². The van der Waals surface area contributed by atoms with Crippen molar-refractivity contribution in [2.45, 2.75) is 30.7 Å². The SMILES string of the molecule is CC(C)[C@@H](N=C(NS(=O)(=O)c1ccc(Cl)cc1)N1C[C@@H](c2ccccc2)C(c2ccc(Cl)cc2)=N1)C(N)=O. The minimum atomic E-state index is -4.10. The van der Waals surface area contributed by atoms with E-state index in [0.29, 0.717) is 15.8 Å². The molecule has 0 saturated heterocycles. The summed E-state index contributed by atoms with van der Waals surface area (Å²) in [6.07, 6.45) is 0. The first-order valence-corrected chi connectivity index (χ1v) is 14.1. The average Bonchev–Trinajstić information content (AvgIpc) is 3.33. The number of nitrogens with zero attached hydrogens (tertiary/aromatic N) is 3. The fraction of sp³-hybridized carbons (Fsp3) is 0.222. The third-order valence-electron chi connectivity index (χ3n) is 6.03. The van der Waals surface area contributed by atoms with Crippen LogP contribution in [0.4, 0.5) is 0 Å². The van der Waals surface area contributed by atoms with E-state index >= 15 is 0 Å². The quantitative estimate of drug-likeness (QED) is 0.317. The molecule has 3 aromatic carbocycles. The standard InChI is InChI=1S/C27H27Cl2N5O3S/c1-17(2)24(26(30)35)31-27(33-38(36,37)22-14-12-21(29)13-15-22)34-16-23(18-6-4-3-5-7-18)25(32-34)19-8-10-20(28)11-9-19/h3-15,17,23-24H,16H2,1-2H3,(H2,30,35)(H,31,33)/t23-,24+/m0/s1. The van der Waals surface area contributed by atoms with E-state index in [-0.39, 0.29) is 29.2 Å². The zero-order valence-corrected chi connectivity index (χ0v) is 23.1. The van der Waals surface area contributed by atoms with Gasteiger partial charge in [0.05, 0.1) is 17.2 Å². The van der Waals surface area contributed by atoms with Gasteiger partial charge in [-0.05, 0) is 53.4 Å². The van der Waals surface area contributed by atoms with Crippen molar-refractivity contribution in [1.29, 1.82) is 0 Å². The van der Waals surface area contributed by atoms with Crippen LogP contribution in [0.5, 0.6) is 0 Å². The van der Waals surface area contributed by atoms with E-state index in [1.54, 1.807) is 26.0 Å². The van der Waals surface area contributed by atoms with Crippen molar-refractivity contribution in [3.63, 3.8) is 0 Å². The van der Waals surface area contributed by atoms with Gasteiger partial charge >= 0.3 is 0 Å². The fourth-order valence-corrected chi connectivity index (χ4v) is 5.34. The summed E-state index contributed by atoms with van der Waals surface area (Å²) in [4.78, 5) is 16.7.